The van der Waals surface area contributed by atoms with E-state index in [0.29, 0.717) is 30.1 Å². The number of rotatable bonds is 7. The van der Waals surface area contributed by atoms with Gasteiger partial charge in [0.15, 0.2) is 11.4 Å². The van der Waals surface area contributed by atoms with Crippen LogP contribution < -0.4 is 19.9 Å². The van der Waals surface area contributed by atoms with E-state index >= 15 is 0 Å². The summed E-state index contributed by atoms with van der Waals surface area (Å²) in [6.07, 6.45) is 2.49. The van der Waals surface area contributed by atoms with Crippen molar-refractivity contribution in [2.24, 2.45) is 0 Å². The number of aryl methyl sites for hydroxylation is 1. The van der Waals surface area contributed by atoms with Crippen molar-refractivity contribution in [2.45, 2.75) is 19.9 Å². The van der Waals surface area contributed by atoms with Crippen molar-refractivity contribution in [2.75, 3.05) is 43.1 Å². The number of hydrogen-bond donors (Lipinski definition) is 1. The number of halogens is 1. The van der Waals surface area contributed by atoms with Gasteiger partial charge in [-0.2, -0.15) is 0 Å². The molecule has 2 aromatic carbocycles. The van der Waals surface area contributed by atoms with Crippen molar-refractivity contribution in [1.29, 1.82) is 0 Å². The van der Waals surface area contributed by atoms with E-state index in [1.165, 1.54) is 12.1 Å². The monoisotopic (exact) mass is 487 g/mol. The molecule has 0 atom stereocenters. The molecule has 8 heteroatoms. The number of methoxy groups -OCH3 is 1. The molecule has 5 rings (SSSR count). The summed E-state index contributed by atoms with van der Waals surface area (Å²) in [5.74, 6) is 0.271. The van der Waals surface area contributed by atoms with Crippen molar-refractivity contribution >= 4 is 22.9 Å². The maximum atomic E-state index is 13.2. The van der Waals surface area contributed by atoms with Gasteiger partial charge in [-0.15, -0.1) is 0 Å². The molecular weight excluding hydrogens is 457 g/mol. The van der Waals surface area contributed by atoms with Gasteiger partial charge in [-0.3, -0.25) is 9.20 Å². The Balaban J connectivity index is 1.20. The summed E-state index contributed by atoms with van der Waals surface area (Å²) < 4.78 is 20.4. The summed E-state index contributed by atoms with van der Waals surface area (Å²) in [6.45, 7) is 5.97. The number of carbonyl (C=O) groups is 1. The number of fused-ring (bicyclic) bond motifs is 1. The minimum atomic E-state index is -0.210. The Bertz CT molecular complexity index is 1340. The van der Waals surface area contributed by atoms with E-state index in [4.69, 9.17) is 4.74 Å². The fraction of sp³-hybridized carbons (Fsp3) is 0.286. The number of carbonyl (C=O) groups excluding carboxylic acids is 1. The van der Waals surface area contributed by atoms with Crippen LogP contribution >= 0.6 is 0 Å². The molecule has 0 saturated carbocycles. The first kappa shape index (κ1) is 23.7. The molecule has 7 nitrogen and oxygen atoms in total. The number of hydrogen-bond acceptors (Lipinski definition) is 5. The quantitative estimate of drug-likeness (QED) is 0.421. The first-order chi connectivity index (χ1) is 17.6. The SMILES string of the molecule is CCc1nc2c(OC)cccn2c1C(=O)NCc1ccc(N2CCN(c3ccc(F)cc3)CC2)cc1. The van der Waals surface area contributed by atoms with Crippen LogP contribution in [0.1, 0.15) is 28.7 Å². The molecule has 0 radical (unpaired) electrons. The van der Waals surface area contributed by atoms with Crippen molar-refractivity contribution in [3.63, 3.8) is 0 Å². The van der Waals surface area contributed by atoms with E-state index in [2.05, 4.69) is 44.4 Å². The number of imidazole rings is 1. The average molecular weight is 488 g/mol. The third-order valence-corrected chi connectivity index (χ3v) is 6.68. The highest BCUT2D eigenvalue weighted by atomic mass is 19.1. The van der Waals surface area contributed by atoms with Gasteiger partial charge >= 0.3 is 0 Å². The van der Waals surface area contributed by atoms with Crippen molar-refractivity contribution in [3.05, 3.63) is 89.6 Å². The smallest absolute Gasteiger partial charge is 0.270 e. The first-order valence-corrected chi connectivity index (χ1v) is 12.2. The molecule has 186 valence electrons. The summed E-state index contributed by atoms with van der Waals surface area (Å²) in [7, 11) is 1.60. The predicted octanol–water partition coefficient (Wildman–Crippen LogP) is 4.30. The van der Waals surface area contributed by atoms with Gasteiger partial charge in [-0.05, 0) is 60.5 Å². The Labute approximate surface area is 210 Å². The number of ether oxygens (including phenoxy) is 1. The lowest BCUT2D eigenvalue weighted by Crippen LogP contribution is -2.46. The van der Waals surface area contributed by atoms with Gasteiger partial charge in [0.25, 0.3) is 5.91 Å². The van der Waals surface area contributed by atoms with Gasteiger partial charge < -0.3 is 19.9 Å². The zero-order valence-electron chi connectivity index (χ0n) is 20.6. The third-order valence-electron chi connectivity index (χ3n) is 6.68. The molecule has 0 unspecified atom stereocenters. The Hall–Kier alpha value is -4.07. The van der Waals surface area contributed by atoms with Gasteiger partial charge in [0, 0.05) is 50.3 Å². The number of benzene rings is 2. The maximum Gasteiger partial charge on any atom is 0.270 e. The molecule has 1 fully saturated rings. The van der Waals surface area contributed by atoms with Crippen LogP contribution in [-0.4, -0.2) is 48.6 Å². The molecule has 4 aromatic rings. The van der Waals surface area contributed by atoms with E-state index < -0.39 is 0 Å². The maximum absolute atomic E-state index is 13.2. The number of pyridine rings is 1. The van der Waals surface area contributed by atoms with Gasteiger partial charge in [-0.1, -0.05) is 19.1 Å². The third kappa shape index (κ3) is 4.71. The molecule has 36 heavy (non-hydrogen) atoms. The molecule has 1 saturated heterocycles. The lowest BCUT2D eigenvalue weighted by Gasteiger charge is -2.37. The molecule has 1 amide bonds. The van der Waals surface area contributed by atoms with Crippen LogP contribution in [-0.2, 0) is 13.0 Å². The zero-order chi connectivity index (χ0) is 25.1. The first-order valence-electron chi connectivity index (χ1n) is 12.2. The second-order valence-corrected chi connectivity index (χ2v) is 8.83. The fourth-order valence-electron chi connectivity index (χ4n) is 4.70. The van der Waals surface area contributed by atoms with Gasteiger partial charge in [0.1, 0.15) is 11.5 Å². The summed E-state index contributed by atoms with van der Waals surface area (Å²) in [5.41, 5.74) is 5.17. The van der Waals surface area contributed by atoms with Crippen LogP contribution in [0.15, 0.2) is 66.9 Å². The normalized spacial score (nSPS) is 13.8. The molecule has 0 aliphatic carbocycles. The molecule has 1 aliphatic heterocycles. The molecule has 1 aliphatic rings. The summed E-state index contributed by atoms with van der Waals surface area (Å²) in [6, 6.07) is 18.7. The van der Waals surface area contributed by atoms with Crippen molar-refractivity contribution in [3.8, 4) is 5.75 Å². The van der Waals surface area contributed by atoms with Crippen LogP contribution in [0.25, 0.3) is 5.65 Å². The lowest BCUT2D eigenvalue weighted by atomic mass is 10.1. The molecule has 0 spiro atoms. The second-order valence-electron chi connectivity index (χ2n) is 8.83. The van der Waals surface area contributed by atoms with E-state index in [-0.39, 0.29) is 11.7 Å². The molecular formula is C28H30FN5O2. The highest BCUT2D eigenvalue weighted by molar-refractivity contribution is 5.95. The summed E-state index contributed by atoms with van der Waals surface area (Å²) in [4.78, 5) is 22.4. The molecule has 1 N–H and O–H groups in total. The standard InChI is InChI=1S/C28H30FN5O2/c1-3-24-26(34-14-4-5-25(36-2)27(34)31-24)28(35)30-19-20-6-10-22(11-7-20)32-15-17-33(18-16-32)23-12-8-21(29)9-13-23/h4-14H,3,15-19H2,1-2H3,(H,30,35). The highest BCUT2D eigenvalue weighted by Crippen LogP contribution is 2.23. The Kier molecular flexibility index (Phi) is 6.75. The fourth-order valence-corrected chi connectivity index (χ4v) is 4.70. The Morgan fingerprint density at radius 2 is 1.58 bits per heavy atom. The number of nitrogens with one attached hydrogen (secondary N) is 1. The number of nitrogens with zero attached hydrogens (tertiary/aromatic N) is 4. The van der Waals surface area contributed by atoms with E-state index in [9.17, 15) is 9.18 Å². The minimum Gasteiger partial charge on any atom is -0.493 e. The van der Waals surface area contributed by atoms with Crippen LogP contribution in [0.4, 0.5) is 15.8 Å². The zero-order valence-corrected chi connectivity index (χ0v) is 20.6. The van der Waals surface area contributed by atoms with Gasteiger partial charge in [0.2, 0.25) is 0 Å². The van der Waals surface area contributed by atoms with Crippen molar-refractivity contribution in [1.82, 2.24) is 14.7 Å². The second kappa shape index (κ2) is 10.3. The van der Waals surface area contributed by atoms with Gasteiger partial charge in [-0.25, -0.2) is 9.37 Å². The van der Waals surface area contributed by atoms with E-state index in [1.54, 1.807) is 11.5 Å². The topological polar surface area (TPSA) is 62.1 Å². The Morgan fingerprint density at radius 3 is 2.17 bits per heavy atom. The number of aromatic nitrogens is 2. The van der Waals surface area contributed by atoms with E-state index in [1.807, 2.05) is 37.4 Å². The van der Waals surface area contributed by atoms with Crippen LogP contribution in [0.5, 0.6) is 5.75 Å². The van der Waals surface area contributed by atoms with E-state index in [0.717, 1.165) is 48.8 Å². The lowest BCUT2D eigenvalue weighted by molar-refractivity contribution is 0.0944. The molecule has 3 heterocycles. The number of piperazine rings is 1. The summed E-state index contributed by atoms with van der Waals surface area (Å²) in [5, 5.41) is 3.05. The molecule has 0 bridgehead atoms. The Morgan fingerprint density at radius 1 is 0.972 bits per heavy atom. The van der Waals surface area contributed by atoms with Crippen LogP contribution in [0.2, 0.25) is 0 Å². The average Bonchev–Trinajstić information content (AvgIpc) is 3.32. The minimum absolute atomic E-state index is 0.159. The predicted molar refractivity (Wildman–Crippen MR) is 140 cm³/mol. The van der Waals surface area contributed by atoms with Gasteiger partial charge in [0.05, 0.1) is 12.8 Å². The highest BCUT2D eigenvalue weighted by Gasteiger charge is 2.20. The van der Waals surface area contributed by atoms with Crippen LogP contribution in [0.3, 0.4) is 0 Å². The largest absolute Gasteiger partial charge is 0.493 e. The van der Waals surface area contributed by atoms with Crippen molar-refractivity contribution < 1.29 is 13.9 Å². The van der Waals surface area contributed by atoms with Crippen LogP contribution in [0, 0.1) is 5.82 Å². The number of anilines is 2. The number of amides is 1. The molecule has 2 aromatic heterocycles. The summed E-state index contributed by atoms with van der Waals surface area (Å²) >= 11 is 0.